The Hall–Kier alpha value is -0.500. The Labute approximate surface area is 249 Å². The van der Waals surface area contributed by atoms with Gasteiger partial charge in [0.15, 0.2) is 6.29 Å². The maximum atomic E-state index is 10.5. The van der Waals surface area contributed by atoms with Crippen LogP contribution in [0.3, 0.4) is 0 Å². The number of aliphatic hydroxyl groups excluding tert-OH is 4. The number of allylic oxidation sites excluding steroid dienone is 1. The molecule has 0 aromatic rings. The normalized spacial score (nSPS) is 47.7. The number of hydrogen-bond donors (Lipinski definition) is 4. The lowest BCUT2D eigenvalue weighted by molar-refractivity contribution is -0.308. The fourth-order valence-corrected chi connectivity index (χ4v) is 10.8. The van der Waals surface area contributed by atoms with Crippen molar-refractivity contribution in [2.45, 2.75) is 149 Å². The fraction of sp³-hybridized carbons (Fsp3) is 0.943. The Kier molecular flexibility index (Phi) is 9.71. The highest BCUT2D eigenvalue weighted by molar-refractivity contribution is 5.25. The molecule has 0 aromatic heterocycles. The second-order valence-electron chi connectivity index (χ2n) is 15.6. The van der Waals surface area contributed by atoms with Crippen molar-refractivity contribution in [2.75, 3.05) is 6.61 Å². The molecule has 0 bridgehead atoms. The van der Waals surface area contributed by atoms with Crippen molar-refractivity contribution in [3.63, 3.8) is 0 Å². The van der Waals surface area contributed by atoms with Crippen LogP contribution in [0, 0.1) is 52.3 Å². The highest BCUT2D eigenvalue weighted by Crippen LogP contribution is 2.68. The predicted molar refractivity (Wildman–Crippen MR) is 161 cm³/mol. The molecule has 1 heterocycles. The Balaban J connectivity index is 1.24. The van der Waals surface area contributed by atoms with Gasteiger partial charge < -0.3 is 29.9 Å². The molecule has 5 rings (SSSR count). The van der Waals surface area contributed by atoms with Gasteiger partial charge in [-0.15, -0.1) is 0 Å². The van der Waals surface area contributed by atoms with E-state index in [0.29, 0.717) is 5.41 Å². The summed E-state index contributed by atoms with van der Waals surface area (Å²) in [4.78, 5) is 0. The SMILES string of the molecule is CCC(CCC(C)C1CCC2C3CCC4=CC(OC5OC(CO)C(O)C(O)C5O)CCC4(C)C3CCC12C)C(C)C. The van der Waals surface area contributed by atoms with Crippen molar-refractivity contribution in [1.29, 1.82) is 0 Å². The summed E-state index contributed by atoms with van der Waals surface area (Å²) in [6.07, 6.45) is 9.89. The number of rotatable bonds is 9. The first-order chi connectivity index (χ1) is 19.4. The third-order valence-corrected chi connectivity index (χ3v) is 13.4. The fourth-order valence-electron chi connectivity index (χ4n) is 10.8. The van der Waals surface area contributed by atoms with Gasteiger partial charge in [-0.05, 0) is 110 Å². The largest absolute Gasteiger partial charge is 0.394 e. The van der Waals surface area contributed by atoms with Crippen LogP contribution < -0.4 is 0 Å². The van der Waals surface area contributed by atoms with E-state index >= 15 is 0 Å². The smallest absolute Gasteiger partial charge is 0.187 e. The summed E-state index contributed by atoms with van der Waals surface area (Å²) in [6.45, 7) is 14.5. The number of ether oxygens (including phenoxy) is 2. The first-order valence-electron chi connectivity index (χ1n) is 17.1. The lowest BCUT2D eigenvalue weighted by atomic mass is 9.46. The predicted octanol–water partition coefficient (Wildman–Crippen LogP) is 5.85. The number of hydrogen-bond acceptors (Lipinski definition) is 6. The van der Waals surface area contributed by atoms with E-state index in [0.717, 1.165) is 60.7 Å². The van der Waals surface area contributed by atoms with E-state index in [1.54, 1.807) is 0 Å². The van der Waals surface area contributed by atoms with Gasteiger partial charge in [-0.2, -0.15) is 0 Å². The topological polar surface area (TPSA) is 99.4 Å². The van der Waals surface area contributed by atoms with Gasteiger partial charge in [0.25, 0.3) is 0 Å². The van der Waals surface area contributed by atoms with Crippen LogP contribution in [0.2, 0.25) is 0 Å². The molecule has 236 valence electrons. The molecule has 6 heteroatoms. The maximum Gasteiger partial charge on any atom is 0.187 e. The lowest BCUT2D eigenvalue weighted by Gasteiger charge is -2.59. The van der Waals surface area contributed by atoms with Gasteiger partial charge in [-0.1, -0.05) is 66.0 Å². The third-order valence-electron chi connectivity index (χ3n) is 13.4. The first-order valence-corrected chi connectivity index (χ1v) is 17.1. The first kappa shape index (κ1) is 31.9. The molecule has 0 spiro atoms. The van der Waals surface area contributed by atoms with Gasteiger partial charge >= 0.3 is 0 Å². The molecule has 4 N–H and O–H groups in total. The summed E-state index contributed by atoms with van der Waals surface area (Å²) in [5, 5.41) is 40.4. The van der Waals surface area contributed by atoms with Crippen molar-refractivity contribution in [3.05, 3.63) is 11.6 Å². The zero-order chi connectivity index (χ0) is 29.7. The quantitative estimate of drug-likeness (QED) is 0.257. The standard InChI is InChI=1S/C35H60O6/c1-7-22(20(2)3)9-8-21(4)26-12-13-27-25-11-10-23-18-24(14-16-34(23,5)28(25)15-17-35(26,27)6)40-33-32(39)31(38)30(37)29(19-36)41-33/h18,20-22,24-33,36-39H,7-17,19H2,1-6H3. The zero-order valence-electron chi connectivity index (χ0n) is 26.7. The molecule has 1 aliphatic heterocycles. The minimum absolute atomic E-state index is 0.195. The van der Waals surface area contributed by atoms with E-state index in [2.05, 4.69) is 47.6 Å². The summed E-state index contributed by atoms with van der Waals surface area (Å²) >= 11 is 0. The Morgan fingerprint density at radius 2 is 1.68 bits per heavy atom. The van der Waals surface area contributed by atoms with Gasteiger partial charge in [-0.25, -0.2) is 0 Å². The molecule has 5 aliphatic rings. The van der Waals surface area contributed by atoms with Gasteiger partial charge in [0, 0.05) is 0 Å². The summed E-state index contributed by atoms with van der Waals surface area (Å²) < 4.78 is 11.8. The minimum atomic E-state index is -1.40. The molecule has 6 nitrogen and oxygen atoms in total. The third kappa shape index (κ3) is 5.73. The highest BCUT2D eigenvalue weighted by atomic mass is 16.7. The Bertz CT molecular complexity index is 918. The molecule has 14 atom stereocenters. The molecule has 41 heavy (non-hydrogen) atoms. The molecule has 3 saturated carbocycles. The van der Waals surface area contributed by atoms with E-state index in [-0.39, 0.29) is 11.5 Å². The van der Waals surface area contributed by atoms with Crippen LogP contribution >= 0.6 is 0 Å². The second-order valence-corrected chi connectivity index (χ2v) is 15.6. The highest BCUT2D eigenvalue weighted by Gasteiger charge is 2.59. The molecule has 0 radical (unpaired) electrons. The van der Waals surface area contributed by atoms with Crippen LogP contribution in [0.25, 0.3) is 0 Å². The van der Waals surface area contributed by atoms with Gasteiger partial charge in [-0.3, -0.25) is 0 Å². The van der Waals surface area contributed by atoms with Crippen molar-refractivity contribution in [3.8, 4) is 0 Å². The van der Waals surface area contributed by atoms with Gasteiger partial charge in [0.2, 0.25) is 0 Å². The van der Waals surface area contributed by atoms with Crippen molar-refractivity contribution < 1.29 is 29.9 Å². The van der Waals surface area contributed by atoms with Crippen molar-refractivity contribution in [1.82, 2.24) is 0 Å². The van der Waals surface area contributed by atoms with Crippen LogP contribution in [-0.4, -0.2) is 63.8 Å². The lowest BCUT2D eigenvalue weighted by Crippen LogP contribution is -2.59. The monoisotopic (exact) mass is 576 g/mol. The second kappa shape index (κ2) is 12.5. The number of aliphatic hydroxyl groups is 4. The van der Waals surface area contributed by atoms with Crippen molar-refractivity contribution in [2.24, 2.45) is 52.3 Å². The average molecular weight is 577 g/mol. The van der Waals surface area contributed by atoms with E-state index in [1.165, 1.54) is 56.9 Å². The Morgan fingerprint density at radius 3 is 2.37 bits per heavy atom. The Morgan fingerprint density at radius 1 is 0.927 bits per heavy atom. The van der Waals surface area contributed by atoms with E-state index in [1.807, 2.05) is 0 Å². The van der Waals surface area contributed by atoms with Gasteiger partial charge in [0.1, 0.15) is 24.4 Å². The summed E-state index contributed by atoms with van der Waals surface area (Å²) in [6, 6.07) is 0. The van der Waals surface area contributed by atoms with E-state index < -0.39 is 37.3 Å². The molecule has 0 aromatic carbocycles. The minimum Gasteiger partial charge on any atom is -0.394 e. The molecule has 14 unspecified atom stereocenters. The van der Waals surface area contributed by atoms with Crippen LogP contribution in [0.4, 0.5) is 0 Å². The van der Waals surface area contributed by atoms with Crippen LogP contribution in [0.15, 0.2) is 11.6 Å². The molecule has 1 saturated heterocycles. The van der Waals surface area contributed by atoms with Crippen LogP contribution in [0.5, 0.6) is 0 Å². The van der Waals surface area contributed by atoms with Crippen LogP contribution in [-0.2, 0) is 9.47 Å². The molecule has 4 fully saturated rings. The molecular formula is C35H60O6. The maximum absolute atomic E-state index is 10.5. The van der Waals surface area contributed by atoms with E-state index in [9.17, 15) is 20.4 Å². The van der Waals surface area contributed by atoms with Crippen LogP contribution in [0.1, 0.15) is 112 Å². The zero-order valence-corrected chi connectivity index (χ0v) is 26.7. The molecule has 0 amide bonds. The van der Waals surface area contributed by atoms with Crippen molar-refractivity contribution >= 4 is 0 Å². The van der Waals surface area contributed by atoms with E-state index in [4.69, 9.17) is 9.47 Å². The number of fused-ring (bicyclic) bond motifs is 5. The molecule has 4 aliphatic carbocycles. The average Bonchev–Trinajstić information content (AvgIpc) is 3.30. The summed E-state index contributed by atoms with van der Waals surface area (Å²) in [5.41, 5.74) is 2.20. The summed E-state index contributed by atoms with van der Waals surface area (Å²) in [5.74, 6) is 5.73. The van der Waals surface area contributed by atoms with Gasteiger partial charge in [0.05, 0.1) is 12.7 Å². The molecular weight excluding hydrogens is 516 g/mol. The summed E-state index contributed by atoms with van der Waals surface area (Å²) in [7, 11) is 0.